The Balaban J connectivity index is 1.79. The predicted octanol–water partition coefficient (Wildman–Crippen LogP) is 2.69. The summed E-state index contributed by atoms with van der Waals surface area (Å²) in [6.07, 6.45) is 4.34. The fourth-order valence-electron chi connectivity index (χ4n) is 3.55. The molecule has 0 spiro atoms. The second kappa shape index (κ2) is 4.34. The van der Waals surface area contributed by atoms with Gasteiger partial charge in [-0.25, -0.2) is 0 Å². The van der Waals surface area contributed by atoms with Gasteiger partial charge >= 0.3 is 0 Å². The van der Waals surface area contributed by atoms with E-state index in [1.807, 2.05) is 0 Å². The third-order valence-electron chi connectivity index (χ3n) is 4.64. The molecule has 1 aliphatic heterocycles. The summed E-state index contributed by atoms with van der Waals surface area (Å²) in [5.41, 5.74) is 9.72. The van der Waals surface area contributed by atoms with Gasteiger partial charge in [0.25, 0.3) is 0 Å². The largest absolute Gasteiger partial charge is 0.371 e. The molecule has 0 radical (unpaired) electrons. The van der Waals surface area contributed by atoms with Crippen LogP contribution in [0.2, 0.25) is 0 Å². The zero-order valence-corrected chi connectivity index (χ0v) is 10.7. The van der Waals surface area contributed by atoms with E-state index in [0.29, 0.717) is 6.54 Å². The Morgan fingerprint density at radius 3 is 2.53 bits per heavy atom. The van der Waals surface area contributed by atoms with Crippen LogP contribution in [0.5, 0.6) is 0 Å². The molecule has 1 aromatic carbocycles. The number of aryl methyl sites for hydroxylation is 1. The van der Waals surface area contributed by atoms with Crippen LogP contribution in [0.3, 0.4) is 0 Å². The SMILES string of the molecule is Cc1cc(N2CC3CCCC3C2)ccc1CN. The molecule has 92 valence electrons. The summed E-state index contributed by atoms with van der Waals surface area (Å²) < 4.78 is 0. The van der Waals surface area contributed by atoms with Gasteiger partial charge < -0.3 is 10.6 Å². The fraction of sp³-hybridized carbons (Fsp3) is 0.600. The molecule has 0 amide bonds. The van der Waals surface area contributed by atoms with Gasteiger partial charge in [0.05, 0.1) is 0 Å². The molecular weight excluding hydrogens is 208 g/mol. The van der Waals surface area contributed by atoms with Crippen LogP contribution in [0.25, 0.3) is 0 Å². The summed E-state index contributed by atoms with van der Waals surface area (Å²) in [7, 11) is 0. The van der Waals surface area contributed by atoms with Gasteiger partial charge in [-0.3, -0.25) is 0 Å². The smallest absolute Gasteiger partial charge is 0.0369 e. The highest BCUT2D eigenvalue weighted by atomic mass is 15.2. The van der Waals surface area contributed by atoms with Crippen LogP contribution in [0.15, 0.2) is 18.2 Å². The molecule has 2 unspecified atom stereocenters. The van der Waals surface area contributed by atoms with Gasteiger partial charge in [0, 0.05) is 25.3 Å². The summed E-state index contributed by atoms with van der Waals surface area (Å²) in [6.45, 7) is 5.36. The average Bonchev–Trinajstić information content (AvgIpc) is 2.88. The van der Waals surface area contributed by atoms with Crippen molar-refractivity contribution in [2.75, 3.05) is 18.0 Å². The number of nitrogens with zero attached hydrogens (tertiary/aromatic N) is 1. The summed E-state index contributed by atoms with van der Waals surface area (Å²) in [4.78, 5) is 2.57. The first-order valence-corrected chi connectivity index (χ1v) is 6.82. The van der Waals surface area contributed by atoms with Crippen molar-refractivity contribution in [2.45, 2.75) is 32.7 Å². The Hall–Kier alpha value is -1.02. The van der Waals surface area contributed by atoms with Crippen molar-refractivity contribution in [1.82, 2.24) is 0 Å². The minimum Gasteiger partial charge on any atom is -0.371 e. The minimum absolute atomic E-state index is 0.650. The molecule has 17 heavy (non-hydrogen) atoms. The van der Waals surface area contributed by atoms with E-state index in [4.69, 9.17) is 5.73 Å². The third-order valence-corrected chi connectivity index (χ3v) is 4.64. The monoisotopic (exact) mass is 230 g/mol. The van der Waals surface area contributed by atoms with Crippen molar-refractivity contribution in [3.8, 4) is 0 Å². The van der Waals surface area contributed by atoms with Gasteiger partial charge in [-0.1, -0.05) is 12.5 Å². The van der Waals surface area contributed by atoms with Crippen LogP contribution in [0.1, 0.15) is 30.4 Å². The Morgan fingerprint density at radius 1 is 1.24 bits per heavy atom. The second-order valence-electron chi connectivity index (χ2n) is 5.67. The Morgan fingerprint density at radius 2 is 1.94 bits per heavy atom. The molecule has 2 fully saturated rings. The van der Waals surface area contributed by atoms with E-state index in [9.17, 15) is 0 Å². The lowest BCUT2D eigenvalue weighted by Crippen LogP contribution is -2.20. The molecule has 2 atom stereocenters. The maximum Gasteiger partial charge on any atom is 0.0369 e. The van der Waals surface area contributed by atoms with Crippen molar-refractivity contribution < 1.29 is 0 Å². The minimum atomic E-state index is 0.650. The van der Waals surface area contributed by atoms with Crippen LogP contribution in [-0.4, -0.2) is 13.1 Å². The van der Waals surface area contributed by atoms with Crippen molar-refractivity contribution in [2.24, 2.45) is 17.6 Å². The fourth-order valence-corrected chi connectivity index (χ4v) is 3.55. The third kappa shape index (κ3) is 1.95. The van der Waals surface area contributed by atoms with Crippen molar-refractivity contribution in [1.29, 1.82) is 0 Å². The van der Waals surface area contributed by atoms with E-state index in [0.717, 1.165) is 11.8 Å². The van der Waals surface area contributed by atoms with E-state index in [2.05, 4.69) is 30.0 Å². The molecule has 1 heterocycles. The number of rotatable bonds is 2. The highest BCUT2D eigenvalue weighted by Gasteiger charge is 2.35. The van der Waals surface area contributed by atoms with Crippen LogP contribution >= 0.6 is 0 Å². The molecule has 0 bridgehead atoms. The first-order chi connectivity index (χ1) is 8.28. The van der Waals surface area contributed by atoms with E-state index >= 15 is 0 Å². The summed E-state index contributed by atoms with van der Waals surface area (Å²) in [5, 5.41) is 0. The second-order valence-corrected chi connectivity index (χ2v) is 5.67. The van der Waals surface area contributed by atoms with Gasteiger partial charge in [0.1, 0.15) is 0 Å². The van der Waals surface area contributed by atoms with Gasteiger partial charge in [0.15, 0.2) is 0 Å². The average molecular weight is 230 g/mol. The predicted molar refractivity (Wildman–Crippen MR) is 72.1 cm³/mol. The molecule has 3 rings (SSSR count). The van der Waals surface area contributed by atoms with E-state index < -0.39 is 0 Å². The lowest BCUT2D eigenvalue weighted by molar-refractivity contribution is 0.494. The molecule has 0 aromatic heterocycles. The van der Waals surface area contributed by atoms with Crippen LogP contribution in [0, 0.1) is 18.8 Å². The van der Waals surface area contributed by atoms with Crippen LogP contribution in [-0.2, 0) is 6.54 Å². The molecule has 2 heteroatoms. The molecule has 1 aliphatic carbocycles. The van der Waals surface area contributed by atoms with Crippen molar-refractivity contribution >= 4 is 5.69 Å². The zero-order chi connectivity index (χ0) is 11.8. The number of anilines is 1. The number of benzene rings is 1. The van der Waals surface area contributed by atoms with Gasteiger partial charge in [0.2, 0.25) is 0 Å². The molecule has 2 N–H and O–H groups in total. The number of hydrogen-bond acceptors (Lipinski definition) is 2. The normalized spacial score (nSPS) is 27.5. The molecular formula is C15H22N2. The molecule has 1 saturated heterocycles. The molecule has 2 aliphatic rings. The number of fused-ring (bicyclic) bond motifs is 1. The molecule has 2 nitrogen and oxygen atoms in total. The lowest BCUT2D eigenvalue weighted by Gasteiger charge is -2.20. The highest BCUT2D eigenvalue weighted by molar-refractivity contribution is 5.52. The van der Waals surface area contributed by atoms with Gasteiger partial charge in [-0.05, 0) is 54.9 Å². The van der Waals surface area contributed by atoms with E-state index in [1.165, 1.54) is 49.2 Å². The summed E-state index contributed by atoms with van der Waals surface area (Å²) in [6, 6.07) is 6.75. The Bertz CT molecular complexity index is 401. The molecule has 1 saturated carbocycles. The quantitative estimate of drug-likeness (QED) is 0.846. The van der Waals surface area contributed by atoms with E-state index in [1.54, 1.807) is 0 Å². The Labute approximate surface area is 104 Å². The zero-order valence-electron chi connectivity index (χ0n) is 10.7. The standard InChI is InChI=1S/C15H22N2/c1-11-7-15(6-5-12(11)8-16)17-9-13-3-2-4-14(13)10-17/h5-7,13-14H,2-4,8-10,16H2,1H3. The van der Waals surface area contributed by atoms with Crippen molar-refractivity contribution in [3.05, 3.63) is 29.3 Å². The summed E-state index contributed by atoms with van der Waals surface area (Å²) >= 11 is 0. The highest BCUT2D eigenvalue weighted by Crippen LogP contribution is 2.39. The van der Waals surface area contributed by atoms with E-state index in [-0.39, 0.29) is 0 Å². The first kappa shape index (κ1) is 11.1. The lowest BCUT2D eigenvalue weighted by atomic mass is 10.0. The van der Waals surface area contributed by atoms with Crippen LogP contribution in [0.4, 0.5) is 5.69 Å². The van der Waals surface area contributed by atoms with Gasteiger partial charge in [-0.15, -0.1) is 0 Å². The first-order valence-electron chi connectivity index (χ1n) is 6.82. The maximum absolute atomic E-state index is 5.72. The molecule has 1 aromatic rings. The Kier molecular flexibility index (Phi) is 2.83. The number of hydrogen-bond donors (Lipinski definition) is 1. The maximum atomic E-state index is 5.72. The number of nitrogens with two attached hydrogens (primary N) is 1. The van der Waals surface area contributed by atoms with Gasteiger partial charge in [-0.2, -0.15) is 0 Å². The van der Waals surface area contributed by atoms with Crippen molar-refractivity contribution in [3.63, 3.8) is 0 Å². The topological polar surface area (TPSA) is 29.3 Å². The van der Waals surface area contributed by atoms with Crippen LogP contribution < -0.4 is 10.6 Å². The summed E-state index contributed by atoms with van der Waals surface area (Å²) in [5.74, 6) is 1.92.